The molecule has 1 saturated heterocycles. The molecule has 0 radical (unpaired) electrons. The summed E-state index contributed by atoms with van der Waals surface area (Å²) in [7, 11) is -2.07. The van der Waals surface area contributed by atoms with E-state index < -0.39 is 28.0 Å². The molecule has 2 aromatic rings. The topological polar surface area (TPSA) is 77.3 Å². The zero-order valence-corrected chi connectivity index (χ0v) is 13.3. The molecule has 24 heavy (non-hydrogen) atoms. The summed E-state index contributed by atoms with van der Waals surface area (Å²) in [5, 5.41) is -0.0827. The number of pyridine rings is 1. The molecule has 0 saturated carbocycles. The number of imidazole rings is 1. The van der Waals surface area contributed by atoms with Crippen LogP contribution in [0.1, 0.15) is 5.69 Å². The summed E-state index contributed by atoms with van der Waals surface area (Å²) in [4.78, 5) is 7.18. The predicted molar refractivity (Wildman–Crippen MR) is 75.6 cm³/mol. The minimum absolute atomic E-state index is 0.0246. The van der Waals surface area contributed by atoms with Gasteiger partial charge in [0.05, 0.1) is 19.4 Å². The fourth-order valence-electron chi connectivity index (χ4n) is 2.13. The molecule has 0 N–H and O–H groups in total. The number of sulfonamides is 1. The van der Waals surface area contributed by atoms with Crippen LogP contribution in [0.25, 0.3) is 0 Å². The third kappa shape index (κ3) is 3.22. The van der Waals surface area contributed by atoms with Crippen molar-refractivity contribution in [2.75, 3.05) is 13.1 Å². The molecule has 7 nitrogen and oxygen atoms in total. The number of hydrogen-bond acceptors (Lipinski definition) is 5. The second-order valence-corrected chi connectivity index (χ2v) is 7.18. The molecule has 0 aliphatic carbocycles. The Balaban J connectivity index is 1.64. The number of ether oxygens (including phenoxy) is 1. The largest absolute Gasteiger partial charge is 0.472 e. The van der Waals surface area contributed by atoms with Gasteiger partial charge in [-0.15, -0.1) is 0 Å². The molecule has 2 aromatic heterocycles. The smallest absolute Gasteiger partial charge is 0.433 e. The molecular formula is C13H13F3N4O3S. The normalized spacial score (nSPS) is 16.8. The van der Waals surface area contributed by atoms with E-state index in [1.807, 2.05) is 0 Å². The van der Waals surface area contributed by atoms with E-state index in [1.54, 1.807) is 7.05 Å². The van der Waals surface area contributed by atoms with Gasteiger partial charge < -0.3 is 9.30 Å². The van der Waals surface area contributed by atoms with Gasteiger partial charge in [0.15, 0.2) is 5.03 Å². The molecular weight excluding hydrogens is 349 g/mol. The van der Waals surface area contributed by atoms with Crippen LogP contribution < -0.4 is 4.74 Å². The monoisotopic (exact) mass is 362 g/mol. The zero-order valence-electron chi connectivity index (χ0n) is 12.4. The van der Waals surface area contributed by atoms with Crippen molar-refractivity contribution >= 4 is 10.0 Å². The van der Waals surface area contributed by atoms with Gasteiger partial charge in [-0.05, 0) is 6.07 Å². The van der Waals surface area contributed by atoms with Crippen LogP contribution in [0.5, 0.6) is 5.88 Å². The van der Waals surface area contributed by atoms with E-state index in [0.717, 1.165) is 10.4 Å². The summed E-state index contributed by atoms with van der Waals surface area (Å²) in [5.41, 5.74) is -1.06. The molecule has 0 unspecified atom stereocenters. The van der Waals surface area contributed by atoms with Gasteiger partial charge in [0.1, 0.15) is 11.8 Å². The van der Waals surface area contributed by atoms with Crippen molar-refractivity contribution in [3.63, 3.8) is 0 Å². The number of halogens is 3. The zero-order chi connectivity index (χ0) is 17.5. The standard InChI is InChI=1S/C13H13F3N4O3S/c1-19-7-12(17-8-19)24(21,22)20-5-9(6-20)23-11-4-2-3-10(18-11)13(14,15)16/h2-4,7-9H,5-6H2,1H3. The highest BCUT2D eigenvalue weighted by molar-refractivity contribution is 7.89. The fourth-order valence-corrected chi connectivity index (χ4v) is 3.60. The Bertz CT molecular complexity index is 844. The average Bonchev–Trinajstić information content (AvgIpc) is 2.89. The highest BCUT2D eigenvalue weighted by atomic mass is 32.2. The minimum atomic E-state index is -4.56. The highest BCUT2D eigenvalue weighted by Gasteiger charge is 2.40. The van der Waals surface area contributed by atoms with Gasteiger partial charge in [-0.1, -0.05) is 6.07 Å². The summed E-state index contributed by atoms with van der Waals surface area (Å²) in [6.45, 7) is 0.0493. The Morgan fingerprint density at radius 2 is 2.00 bits per heavy atom. The van der Waals surface area contributed by atoms with Crippen LogP contribution >= 0.6 is 0 Å². The quantitative estimate of drug-likeness (QED) is 0.819. The SMILES string of the molecule is Cn1cnc(S(=O)(=O)N2CC(Oc3cccc(C(F)(F)F)n3)C2)c1. The highest BCUT2D eigenvalue weighted by Crippen LogP contribution is 2.29. The summed E-state index contributed by atoms with van der Waals surface area (Å²) >= 11 is 0. The van der Waals surface area contributed by atoms with Crippen molar-refractivity contribution in [3.8, 4) is 5.88 Å². The summed E-state index contributed by atoms with van der Waals surface area (Å²) in [5.74, 6) is -0.190. The van der Waals surface area contributed by atoms with Crippen LogP contribution in [0.4, 0.5) is 13.2 Å². The molecule has 0 atom stereocenters. The van der Waals surface area contributed by atoms with E-state index in [2.05, 4.69) is 9.97 Å². The Morgan fingerprint density at radius 3 is 2.58 bits per heavy atom. The van der Waals surface area contributed by atoms with Crippen molar-refractivity contribution in [3.05, 3.63) is 36.4 Å². The molecule has 0 bridgehead atoms. The van der Waals surface area contributed by atoms with Gasteiger partial charge in [-0.25, -0.2) is 18.4 Å². The first-order chi connectivity index (χ1) is 11.2. The summed E-state index contributed by atoms with van der Waals surface area (Å²) in [6, 6.07) is 3.32. The number of rotatable bonds is 4. The molecule has 1 fully saturated rings. The Morgan fingerprint density at radius 1 is 1.29 bits per heavy atom. The third-order valence-electron chi connectivity index (χ3n) is 3.40. The van der Waals surface area contributed by atoms with E-state index in [1.165, 1.54) is 29.2 Å². The number of aromatic nitrogens is 3. The molecule has 0 aromatic carbocycles. The number of aryl methyl sites for hydroxylation is 1. The molecule has 11 heteroatoms. The number of nitrogens with zero attached hydrogens (tertiary/aromatic N) is 4. The van der Waals surface area contributed by atoms with Gasteiger partial charge in [0.25, 0.3) is 10.0 Å². The van der Waals surface area contributed by atoms with Crippen molar-refractivity contribution < 1.29 is 26.3 Å². The van der Waals surface area contributed by atoms with Crippen LogP contribution in [0, 0.1) is 0 Å². The maximum Gasteiger partial charge on any atom is 0.433 e. The van der Waals surface area contributed by atoms with Crippen molar-refractivity contribution in [1.82, 2.24) is 18.8 Å². The van der Waals surface area contributed by atoms with Gasteiger partial charge in [0, 0.05) is 19.3 Å². The third-order valence-corrected chi connectivity index (χ3v) is 5.12. The Kier molecular flexibility index (Phi) is 4.00. The second-order valence-electron chi connectivity index (χ2n) is 5.30. The number of alkyl halides is 3. The van der Waals surface area contributed by atoms with Crippen LogP contribution in [-0.4, -0.2) is 46.5 Å². The average molecular weight is 362 g/mol. The summed E-state index contributed by atoms with van der Waals surface area (Å²) < 4.78 is 70.2. The van der Waals surface area contributed by atoms with Crippen LogP contribution in [0.3, 0.4) is 0 Å². The lowest BCUT2D eigenvalue weighted by Gasteiger charge is -2.36. The molecule has 130 valence electrons. The first-order valence-corrected chi connectivity index (χ1v) is 8.29. The van der Waals surface area contributed by atoms with E-state index in [9.17, 15) is 21.6 Å². The van der Waals surface area contributed by atoms with Crippen LogP contribution in [0.15, 0.2) is 35.7 Å². The maximum atomic E-state index is 12.6. The molecule has 1 aliphatic rings. The van der Waals surface area contributed by atoms with Crippen LogP contribution in [0.2, 0.25) is 0 Å². The molecule has 1 aliphatic heterocycles. The lowest BCUT2D eigenvalue weighted by atomic mass is 10.2. The van der Waals surface area contributed by atoms with Gasteiger partial charge in [-0.2, -0.15) is 17.5 Å². The minimum Gasteiger partial charge on any atom is -0.472 e. The van der Waals surface area contributed by atoms with E-state index in [-0.39, 0.29) is 24.0 Å². The van der Waals surface area contributed by atoms with Gasteiger partial charge >= 0.3 is 6.18 Å². The van der Waals surface area contributed by atoms with Crippen molar-refractivity contribution in [2.45, 2.75) is 17.3 Å². The molecule has 3 heterocycles. The predicted octanol–water partition coefficient (Wildman–Crippen LogP) is 1.29. The second kappa shape index (κ2) is 5.74. The summed E-state index contributed by atoms with van der Waals surface area (Å²) in [6.07, 6.45) is -2.38. The van der Waals surface area contributed by atoms with Crippen LogP contribution in [-0.2, 0) is 23.2 Å². The first kappa shape index (κ1) is 16.7. The fraction of sp³-hybridized carbons (Fsp3) is 0.385. The van der Waals surface area contributed by atoms with Crippen molar-refractivity contribution in [1.29, 1.82) is 0 Å². The Hall–Kier alpha value is -2.14. The Labute approximate surface area is 135 Å². The lowest BCUT2D eigenvalue weighted by Crippen LogP contribution is -2.56. The van der Waals surface area contributed by atoms with Gasteiger partial charge in [-0.3, -0.25) is 0 Å². The lowest BCUT2D eigenvalue weighted by molar-refractivity contribution is -0.141. The first-order valence-electron chi connectivity index (χ1n) is 6.85. The van der Waals surface area contributed by atoms with E-state index in [4.69, 9.17) is 4.74 Å². The van der Waals surface area contributed by atoms with Gasteiger partial charge in [0.2, 0.25) is 5.88 Å². The molecule has 3 rings (SSSR count). The molecule has 0 amide bonds. The van der Waals surface area contributed by atoms with E-state index in [0.29, 0.717) is 0 Å². The number of hydrogen-bond donors (Lipinski definition) is 0. The maximum absolute atomic E-state index is 12.6. The van der Waals surface area contributed by atoms with E-state index >= 15 is 0 Å². The molecule has 0 spiro atoms. The van der Waals surface area contributed by atoms with Crippen molar-refractivity contribution in [2.24, 2.45) is 7.05 Å².